The average Bonchev–Trinajstić information content (AvgIpc) is 3.44. The van der Waals surface area contributed by atoms with Crippen LogP contribution in [0.5, 0.6) is 11.5 Å². The predicted molar refractivity (Wildman–Crippen MR) is 118 cm³/mol. The largest absolute Gasteiger partial charge is 0.508 e. The van der Waals surface area contributed by atoms with Gasteiger partial charge in [0.15, 0.2) is 5.69 Å². The minimum Gasteiger partial charge on any atom is -0.508 e. The van der Waals surface area contributed by atoms with Gasteiger partial charge in [0.1, 0.15) is 17.2 Å². The number of benzene rings is 2. The van der Waals surface area contributed by atoms with Crippen LogP contribution in [-0.4, -0.2) is 42.9 Å². The van der Waals surface area contributed by atoms with Crippen LogP contribution < -0.4 is 21.3 Å². The number of nitrogens with two attached hydrogens (primary N) is 1. The molecule has 33 heavy (non-hydrogen) atoms. The summed E-state index contributed by atoms with van der Waals surface area (Å²) >= 11 is 0. The quantitative estimate of drug-likeness (QED) is 0.292. The number of carbonyl (C=O) groups is 1. The normalized spacial score (nSPS) is 10.6. The lowest BCUT2D eigenvalue weighted by atomic mass is 10.1. The fourth-order valence-corrected chi connectivity index (χ4v) is 3.01. The number of nitrogens with zero attached hydrogens (tertiary/aromatic N) is 5. The highest BCUT2D eigenvalue weighted by atomic mass is 16.6. The van der Waals surface area contributed by atoms with Crippen molar-refractivity contribution >= 4 is 17.4 Å². The molecule has 2 aromatic heterocycles. The van der Waals surface area contributed by atoms with Gasteiger partial charge in [0, 0.05) is 11.1 Å². The molecular weight excluding hydrogens is 428 g/mol. The van der Waals surface area contributed by atoms with Gasteiger partial charge >= 0.3 is 0 Å². The summed E-state index contributed by atoms with van der Waals surface area (Å²) in [7, 11) is 0. The summed E-state index contributed by atoms with van der Waals surface area (Å²) in [6, 6.07) is 13.4. The molecule has 0 bridgehead atoms. The molecule has 0 fully saturated rings. The van der Waals surface area contributed by atoms with Gasteiger partial charge in [-0.05, 0) is 53.6 Å². The number of phenolic OH excluding ortho intramolecular Hbond substituents is 1. The van der Waals surface area contributed by atoms with E-state index in [-0.39, 0.29) is 23.1 Å². The van der Waals surface area contributed by atoms with Crippen molar-refractivity contribution in [2.45, 2.75) is 6.92 Å². The summed E-state index contributed by atoms with van der Waals surface area (Å²) in [5.41, 5.74) is 12.9. The zero-order valence-corrected chi connectivity index (χ0v) is 17.5. The van der Waals surface area contributed by atoms with Gasteiger partial charge in [-0.15, -0.1) is 5.10 Å². The number of carbonyl (C=O) groups excluding carboxylic acids is 1. The number of amides is 1. The van der Waals surface area contributed by atoms with E-state index >= 15 is 0 Å². The lowest BCUT2D eigenvalue weighted by molar-refractivity contribution is 0.0938. The Morgan fingerprint density at radius 2 is 2.00 bits per heavy atom. The second kappa shape index (κ2) is 9.09. The molecule has 0 unspecified atom stereocenters. The van der Waals surface area contributed by atoms with Crippen LogP contribution in [0.3, 0.4) is 0 Å². The maximum absolute atomic E-state index is 13.0. The van der Waals surface area contributed by atoms with Gasteiger partial charge in [-0.1, -0.05) is 23.9 Å². The van der Waals surface area contributed by atoms with Crippen molar-refractivity contribution in [3.8, 4) is 28.6 Å². The Balaban J connectivity index is 1.65. The number of aromatic nitrogens is 5. The SMILES string of the molecule is C=C(NNC(=O)c1nnn(-c2nonc2N)c1-c1ccc(OCC)cc1)c1cccc(O)c1. The molecule has 0 aliphatic rings. The zero-order chi connectivity index (χ0) is 23.4. The molecule has 0 aliphatic heterocycles. The van der Waals surface area contributed by atoms with Crippen LogP contribution in [0.4, 0.5) is 5.82 Å². The second-order valence-corrected chi connectivity index (χ2v) is 6.74. The molecule has 4 aromatic rings. The standard InChI is InChI=1S/C21H20N8O4/c1-3-32-16-9-7-13(8-10-16)18-17(24-28-29(18)20-19(22)26-33-27-20)21(31)25-23-12(2)14-5-4-6-15(30)11-14/h4-11,23,30H,2-3H2,1H3,(H2,22,26)(H,25,31). The average molecular weight is 448 g/mol. The maximum atomic E-state index is 13.0. The lowest BCUT2D eigenvalue weighted by Crippen LogP contribution is -2.36. The molecule has 12 nitrogen and oxygen atoms in total. The Labute approximate surface area is 187 Å². The first-order valence-electron chi connectivity index (χ1n) is 9.80. The van der Waals surface area contributed by atoms with Crippen molar-refractivity contribution in [3.63, 3.8) is 0 Å². The molecule has 0 spiro atoms. The van der Waals surface area contributed by atoms with E-state index in [1.165, 1.54) is 16.8 Å². The third-order valence-corrected chi connectivity index (χ3v) is 4.54. The molecule has 2 heterocycles. The van der Waals surface area contributed by atoms with E-state index in [0.717, 1.165) is 0 Å². The molecule has 1 amide bonds. The fourth-order valence-electron chi connectivity index (χ4n) is 3.01. The summed E-state index contributed by atoms with van der Waals surface area (Å²) in [5.74, 6) is 0.206. The highest BCUT2D eigenvalue weighted by Crippen LogP contribution is 2.28. The first-order valence-corrected chi connectivity index (χ1v) is 9.80. The first-order chi connectivity index (χ1) is 16.0. The molecule has 168 valence electrons. The Hall–Kier alpha value is -4.87. The van der Waals surface area contributed by atoms with Crippen molar-refractivity contribution in [2.75, 3.05) is 12.3 Å². The summed E-state index contributed by atoms with van der Waals surface area (Å²) in [6.45, 7) is 6.26. The summed E-state index contributed by atoms with van der Waals surface area (Å²) in [4.78, 5) is 13.0. The number of rotatable bonds is 8. The van der Waals surface area contributed by atoms with Crippen molar-refractivity contribution in [2.24, 2.45) is 0 Å². The van der Waals surface area contributed by atoms with E-state index < -0.39 is 5.91 Å². The zero-order valence-electron chi connectivity index (χ0n) is 17.5. The van der Waals surface area contributed by atoms with E-state index in [0.29, 0.717) is 34.9 Å². The molecule has 4 rings (SSSR count). The molecule has 5 N–H and O–H groups in total. The molecule has 0 saturated carbocycles. The van der Waals surface area contributed by atoms with Crippen LogP contribution in [0.15, 0.2) is 59.7 Å². The topological polar surface area (TPSA) is 166 Å². The van der Waals surface area contributed by atoms with Crippen LogP contribution in [-0.2, 0) is 0 Å². The molecule has 0 radical (unpaired) electrons. The fraction of sp³-hybridized carbons (Fsp3) is 0.0952. The van der Waals surface area contributed by atoms with Gasteiger partial charge < -0.3 is 15.6 Å². The smallest absolute Gasteiger partial charge is 0.292 e. The highest BCUT2D eigenvalue weighted by Gasteiger charge is 2.25. The summed E-state index contributed by atoms with van der Waals surface area (Å²) < 4.78 is 11.4. The van der Waals surface area contributed by atoms with E-state index in [1.54, 1.807) is 36.4 Å². The van der Waals surface area contributed by atoms with Gasteiger partial charge in [0.25, 0.3) is 5.91 Å². The highest BCUT2D eigenvalue weighted by molar-refractivity contribution is 5.98. The number of ether oxygens (including phenoxy) is 1. The Morgan fingerprint density at radius 3 is 2.67 bits per heavy atom. The third-order valence-electron chi connectivity index (χ3n) is 4.54. The second-order valence-electron chi connectivity index (χ2n) is 6.74. The molecule has 2 aromatic carbocycles. The van der Waals surface area contributed by atoms with Crippen LogP contribution in [0.2, 0.25) is 0 Å². The monoisotopic (exact) mass is 448 g/mol. The number of phenols is 1. The van der Waals surface area contributed by atoms with E-state index in [1.807, 2.05) is 6.92 Å². The molecule has 12 heteroatoms. The van der Waals surface area contributed by atoms with Gasteiger partial charge in [0.2, 0.25) is 11.6 Å². The Bertz CT molecular complexity index is 1300. The van der Waals surface area contributed by atoms with Crippen molar-refractivity contribution in [1.29, 1.82) is 0 Å². The maximum Gasteiger partial charge on any atom is 0.292 e. The lowest BCUT2D eigenvalue weighted by Gasteiger charge is -2.12. The van der Waals surface area contributed by atoms with Crippen molar-refractivity contribution in [1.82, 2.24) is 36.2 Å². The van der Waals surface area contributed by atoms with Crippen LogP contribution in [0.25, 0.3) is 22.8 Å². The number of aromatic hydroxyl groups is 1. The van der Waals surface area contributed by atoms with Gasteiger partial charge in [0.05, 0.1) is 12.3 Å². The van der Waals surface area contributed by atoms with Gasteiger partial charge in [-0.25, -0.2) is 4.63 Å². The van der Waals surface area contributed by atoms with Crippen molar-refractivity contribution < 1.29 is 19.3 Å². The van der Waals surface area contributed by atoms with E-state index in [4.69, 9.17) is 10.5 Å². The number of nitrogens with one attached hydrogen (secondary N) is 2. The molecule has 0 atom stereocenters. The number of hydrogen-bond donors (Lipinski definition) is 4. The van der Waals surface area contributed by atoms with E-state index in [9.17, 15) is 9.90 Å². The van der Waals surface area contributed by atoms with Crippen LogP contribution in [0.1, 0.15) is 23.0 Å². The number of anilines is 1. The number of hydrazine groups is 1. The van der Waals surface area contributed by atoms with Crippen LogP contribution in [0, 0.1) is 0 Å². The third kappa shape index (κ3) is 4.44. The molecule has 0 saturated heterocycles. The summed E-state index contributed by atoms with van der Waals surface area (Å²) in [5, 5.41) is 25.0. The Kier molecular flexibility index (Phi) is 5.89. The predicted octanol–water partition coefficient (Wildman–Crippen LogP) is 1.91. The van der Waals surface area contributed by atoms with Crippen molar-refractivity contribution in [3.05, 3.63) is 66.4 Å². The number of nitrogen functional groups attached to an aromatic ring is 1. The molecular formula is C21H20N8O4. The Morgan fingerprint density at radius 1 is 1.21 bits per heavy atom. The molecule has 0 aliphatic carbocycles. The van der Waals surface area contributed by atoms with Crippen LogP contribution >= 0.6 is 0 Å². The first kappa shape index (κ1) is 21.4. The van der Waals surface area contributed by atoms with Gasteiger partial charge in [-0.3, -0.25) is 15.6 Å². The van der Waals surface area contributed by atoms with E-state index in [2.05, 4.69) is 42.7 Å². The van der Waals surface area contributed by atoms with Gasteiger partial charge in [-0.2, -0.15) is 4.68 Å². The number of hydrogen-bond acceptors (Lipinski definition) is 10. The minimum absolute atomic E-state index is 0.0160. The minimum atomic E-state index is -0.596. The summed E-state index contributed by atoms with van der Waals surface area (Å²) in [6.07, 6.45) is 0.